The third kappa shape index (κ3) is 1.47. The summed E-state index contributed by atoms with van der Waals surface area (Å²) in [6.45, 7) is 0. The van der Waals surface area contributed by atoms with Crippen LogP contribution in [0, 0.1) is 0 Å². The maximum atomic E-state index is 11.1. The highest BCUT2D eigenvalue weighted by molar-refractivity contribution is 6.31. The number of hydrogen-bond acceptors (Lipinski definition) is 4. The van der Waals surface area contributed by atoms with Gasteiger partial charge in [-0.1, -0.05) is 11.6 Å². The molecule has 0 aliphatic carbocycles. The van der Waals surface area contributed by atoms with Crippen molar-refractivity contribution in [3.8, 4) is 5.69 Å². The maximum absolute atomic E-state index is 11.1. The summed E-state index contributed by atoms with van der Waals surface area (Å²) in [5.41, 5.74) is 6.06. The van der Waals surface area contributed by atoms with Crippen LogP contribution in [0.5, 0.6) is 0 Å². The number of nitrogens with one attached hydrogen (secondary N) is 1. The number of nitrogens with two attached hydrogens (primary N) is 1. The molecule has 2 rings (SSSR count). The number of nitrogens with zero attached hydrogens (tertiary/aromatic N) is 3. The summed E-state index contributed by atoms with van der Waals surface area (Å²) in [5.74, 6) is 0. The third-order valence-corrected chi connectivity index (χ3v) is 1.84. The van der Waals surface area contributed by atoms with E-state index in [4.69, 9.17) is 17.3 Å². The molecule has 0 saturated heterocycles. The topological polar surface area (TPSA) is 89.6 Å². The molecule has 1 heterocycles. The standard InChI is InChI=1S/C7H6ClN5O/c8-4-1-5(9)3-6(2-4)13-7(14)10-11-12-13/h1-3H,9H2,(H,10,12,14). The van der Waals surface area contributed by atoms with Gasteiger partial charge in [0.2, 0.25) is 0 Å². The van der Waals surface area contributed by atoms with Crippen LogP contribution >= 0.6 is 11.6 Å². The van der Waals surface area contributed by atoms with Crippen molar-refractivity contribution in [1.82, 2.24) is 20.2 Å². The molecule has 0 aliphatic rings. The lowest BCUT2D eigenvalue weighted by atomic mass is 10.3. The first-order chi connectivity index (χ1) is 6.66. The fourth-order valence-electron chi connectivity index (χ4n) is 1.09. The molecule has 0 amide bonds. The van der Waals surface area contributed by atoms with Gasteiger partial charge < -0.3 is 5.73 Å². The Morgan fingerprint density at radius 1 is 1.43 bits per heavy atom. The molecule has 0 fully saturated rings. The van der Waals surface area contributed by atoms with Gasteiger partial charge in [-0.05, 0) is 28.6 Å². The first kappa shape index (κ1) is 8.76. The van der Waals surface area contributed by atoms with Crippen molar-refractivity contribution in [2.75, 3.05) is 5.73 Å². The second-order valence-corrected chi connectivity index (χ2v) is 3.10. The Bertz CT molecular complexity index is 497. The van der Waals surface area contributed by atoms with E-state index >= 15 is 0 Å². The summed E-state index contributed by atoms with van der Waals surface area (Å²) in [4.78, 5) is 11.1. The lowest BCUT2D eigenvalue weighted by molar-refractivity contribution is 0.780. The van der Waals surface area contributed by atoms with E-state index in [0.29, 0.717) is 16.4 Å². The number of rotatable bonds is 1. The van der Waals surface area contributed by atoms with E-state index in [2.05, 4.69) is 15.5 Å². The Labute approximate surface area is 83.3 Å². The predicted molar refractivity (Wildman–Crippen MR) is 51.4 cm³/mol. The van der Waals surface area contributed by atoms with Crippen molar-refractivity contribution in [2.24, 2.45) is 0 Å². The van der Waals surface area contributed by atoms with Crippen LogP contribution in [0.2, 0.25) is 5.02 Å². The van der Waals surface area contributed by atoms with Crippen LogP contribution in [-0.2, 0) is 0 Å². The highest BCUT2D eigenvalue weighted by Crippen LogP contribution is 2.17. The average molecular weight is 212 g/mol. The number of aromatic nitrogens is 4. The largest absolute Gasteiger partial charge is 0.399 e. The Hall–Kier alpha value is -1.82. The molecule has 0 atom stereocenters. The van der Waals surface area contributed by atoms with Crippen LogP contribution in [-0.4, -0.2) is 20.2 Å². The Morgan fingerprint density at radius 2 is 2.21 bits per heavy atom. The van der Waals surface area contributed by atoms with Crippen LogP contribution < -0.4 is 11.4 Å². The van der Waals surface area contributed by atoms with E-state index in [0.717, 1.165) is 4.68 Å². The molecule has 0 aliphatic heterocycles. The third-order valence-electron chi connectivity index (χ3n) is 1.62. The van der Waals surface area contributed by atoms with E-state index in [-0.39, 0.29) is 0 Å². The highest BCUT2D eigenvalue weighted by Gasteiger charge is 2.04. The second kappa shape index (κ2) is 3.15. The van der Waals surface area contributed by atoms with Gasteiger partial charge in [0.15, 0.2) is 0 Å². The molecule has 2 aromatic rings. The number of nitrogen functional groups attached to an aromatic ring is 1. The Morgan fingerprint density at radius 3 is 2.79 bits per heavy atom. The molecule has 1 aromatic heterocycles. The van der Waals surface area contributed by atoms with Gasteiger partial charge in [-0.3, -0.25) is 0 Å². The zero-order valence-corrected chi connectivity index (χ0v) is 7.69. The predicted octanol–water partition coefficient (Wildman–Crippen LogP) is 0.191. The quantitative estimate of drug-likeness (QED) is 0.659. The van der Waals surface area contributed by atoms with E-state index in [1.54, 1.807) is 18.2 Å². The second-order valence-electron chi connectivity index (χ2n) is 2.66. The SMILES string of the molecule is Nc1cc(Cl)cc(-n2nn[nH]c2=O)c1. The molecule has 0 spiro atoms. The first-order valence-corrected chi connectivity index (χ1v) is 4.11. The number of benzene rings is 1. The molecule has 0 bridgehead atoms. The zero-order valence-electron chi connectivity index (χ0n) is 6.94. The van der Waals surface area contributed by atoms with Crippen molar-refractivity contribution >= 4 is 17.3 Å². The number of anilines is 1. The molecule has 3 N–H and O–H groups in total. The molecule has 14 heavy (non-hydrogen) atoms. The molecular weight excluding hydrogens is 206 g/mol. The molecule has 6 nitrogen and oxygen atoms in total. The van der Waals surface area contributed by atoms with Gasteiger partial charge in [0.05, 0.1) is 5.69 Å². The highest BCUT2D eigenvalue weighted by atomic mass is 35.5. The van der Waals surface area contributed by atoms with Crippen LogP contribution in [0.25, 0.3) is 5.69 Å². The van der Waals surface area contributed by atoms with E-state index in [1.165, 1.54) is 0 Å². The molecule has 0 saturated carbocycles. The normalized spacial score (nSPS) is 10.4. The number of H-pyrrole nitrogens is 1. The van der Waals surface area contributed by atoms with Crippen LogP contribution in [0.4, 0.5) is 5.69 Å². The van der Waals surface area contributed by atoms with Crippen molar-refractivity contribution < 1.29 is 0 Å². The minimum Gasteiger partial charge on any atom is -0.399 e. The van der Waals surface area contributed by atoms with Crippen molar-refractivity contribution in [1.29, 1.82) is 0 Å². The molecule has 0 unspecified atom stereocenters. The van der Waals surface area contributed by atoms with Gasteiger partial charge >= 0.3 is 5.69 Å². The monoisotopic (exact) mass is 211 g/mol. The van der Waals surface area contributed by atoms with Crippen LogP contribution in [0.3, 0.4) is 0 Å². The van der Waals surface area contributed by atoms with E-state index in [1.807, 2.05) is 0 Å². The van der Waals surface area contributed by atoms with Crippen LogP contribution in [0.15, 0.2) is 23.0 Å². The molecule has 1 aromatic carbocycles. The smallest absolute Gasteiger partial charge is 0.365 e. The van der Waals surface area contributed by atoms with E-state index in [9.17, 15) is 4.79 Å². The van der Waals surface area contributed by atoms with Crippen molar-refractivity contribution in [3.05, 3.63) is 33.7 Å². The number of tetrazole rings is 1. The van der Waals surface area contributed by atoms with Crippen LogP contribution in [0.1, 0.15) is 0 Å². The Kier molecular flexibility index (Phi) is 1.97. The Balaban J connectivity index is 2.63. The lowest BCUT2D eigenvalue weighted by Gasteiger charge is -2.00. The van der Waals surface area contributed by atoms with Gasteiger partial charge in [-0.2, -0.15) is 4.68 Å². The summed E-state index contributed by atoms with van der Waals surface area (Å²) in [6, 6.07) is 4.73. The van der Waals surface area contributed by atoms with Gasteiger partial charge in [-0.25, -0.2) is 9.89 Å². The summed E-state index contributed by atoms with van der Waals surface area (Å²) >= 11 is 5.77. The van der Waals surface area contributed by atoms with Gasteiger partial charge in [-0.15, -0.1) is 0 Å². The van der Waals surface area contributed by atoms with Gasteiger partial charge in [0.1, 0.15) is 0 Å². The molecule has 72 valence electrons. The summed E-state index contributed by atoms with van der Waals surface area (Å²) in [5, 5.41) is 9.51. The average Bonchev–Trinajstić information content (AvgIpc) is 2.49. The van der Waals surface area contributed by atoms with Crippen molar-refractivity contribution in [3.63, 3.8) is 0 Å². The molecular formula is C7H6ClN5O. The van der Waals surface area contributed by atoms with Crippen molar-refractivity contribution in [2.45, 2.75) is 0 Å². The fraction of sp³-hybridized carbons (Fsp3) is 0. The minimum atomic E-state index is -0.438. The fourth-order valence-corrected chi connectivity index (χ4v) is 1.32. The lowest BCUT2D eigenvalue weighted by Crippen LogP contribution is -2.16. The number of hydrogen-bond donors (Lipinski definition) is 2. The zero-order chi connectivity index (χ0) is 10.1. The molecule has 7 heteroatoms. The summed E-state index contributed by atoms with van der Waals surface area (Å²) in [6.07, 6.45) is 0. The molecule has 0 radical (unpaired) electrons. The van der Waals surface area contributed by atoms with Gasteiger partial charge in [0.25, 0.3) is 0 Å². The summed E-state index contributed by atoms with van der Waals surface area (Å²) < 4.78 is 1.07. The van der Waals surface area contributed by atoms with Gasteiger partial charge in [0, 0.05) is 10.7 Å². The maximum Gasteiger partial charge on any atom is 0.365 e. The van der Waals surface area contributed by atoms with E-state index < -0.39 is 5.69 Å². The number of aromatic amines is 1. The number of halogens is 1. The first-order valence-electron chi connectivity index (χ1n) is 3.73. The minimum absolute atomic E-state index is 0.438. The summed E-state index contributed by atoms with van der Waals surface area (Å²) in [7, 11) is 0.